The molecule has 1 amide bonds. The predicted molar refractivity (Wildman–Crippen MR) is 74.6 cm³/mol. The summed E-state index contributed by atoms with van der Waals surface area (Å²) in [7, 11) is 1.48. The topological polar surface area (TPSA) is 64.8 Å². The zero-order chi connectivity index (χ0) is 15.9. The Kier molecular flexibility index (Phi) is 3.16. The molecule has 8 heteroatoms. The smallest absolute Gasteiger partial charge is 0.361 e. The van der Waals surface area contributed by atoms with Crippen LogP contribution in [-0.2, 0) is 6.18 Å². The Morgan fingerprint density at radius 3 is 2.68 bits per heavy atom. The third-order valence-electron chi connectivity index (χ3n) is 3.33. The molecule has 0 aliphatic carbocycles. The van der Waals surface area contributed by atoms with E-state index in [9.17, 15) is 18.0 Å². The van der Waals surface area contributed by atoms with Crippen molar-refractivity contribution >= 4 is 22.5 Å². The van der Waals surface area contributed by atoms with Gasteiger partial charge in [-0.15, -0.1) is 0 Å². The molecule has 1 aromatic carbocycles. The molecule has 0 fully saturated rings. The summed E-state index contributed by atoms with van der Waals surface area (Å²) >= 11 is 0. The molecular formula is C14H11F3N4O. The van der Waals surface area contributed by atoms with E-state index in [0.717, 1.165) is 10.9 Å². The molecule has 0 saturated heterocycles. The molecule has 22 heavy (non-hydrogen) atoms. The maximum absolute atomic E-state index is 12.5. The molecule has 0 atom stereocenters. The van der Waals surface area contributed by atoms with Crippen molar-refractivity contribution < 1.29 is 18.0 Å². The van der Waals surface area contributed by atoms with Gasteiger partial charge < -0.3 is 9.88 Å². The minimum atomic E-state index is -4.56. The van der Waals surface area contributed by atoms with Crippen LogP contribution in [0.15, 0.2) is 36.5 Å². The van der Waals surface area contributed by atoms with Gasteiger partial charge in [0.25, 0.3) is 5.91 Å². The van der Waals surface area contributed by atoms with Crippen molar-refractivity contribution in [3.05, 3.63) is 47.9 Å². The van der Waals surface area contributed by atoms with Gasteiger partial charge >= 0.3 is 6.18 Å². The third kappa shape index (κ3) is 2.43. The van der Waals surface area contributed by atoms with E-state index in [2.05, 4.69) is 10.1 Å². The van der Waals surface area contributed by atoms with Crippen LogP contribution in [0, 0.1) is 0 Å². The van der Waals surface area contributed by atoms with Crippen LogP contribution in [0.4, 0.5) is 18.9 Å². The van der Waals surface area contributed by atoms with E-state index in [-0.39, 0.29) is 5.69 Å². The van der Waals surface area contributed by atoms with Crippen LogP contribution >= 0.6 is 0 Å². The Labute approximate surface area is 122 Å². The number of rotatable bonds is 2. The number of amides is 1. The first-order chi connectivity index (χ1) is 10.4. The van der Waals surface area contributed by atoms with Gasteiger partial charge in [0, 0.05) is 30.5 Å². The Morgan fingerprint density at radius 1 is 1.23 bits per heavy atom. The molecule has 2 heterocycles. The molecule has 0 radical (unpaired) electrons. The first-order valence-electron chi connectivity index (χ1n) is 6.34. The van der Waals surface area contributed by atoms with Crippen LogP contribution in [-0.4, -0.2) is 28.1 Å². The van der Waals surface area contributed by atoms with E-state index in [1.807, 2.05) is 17.2 Å². The molecule has 0 spiro atoms. The van der Waals surface area contributed by atoms with Crippen LogP contribution in [0.5, 0.6) is 0 Å². The Bertz CT molecular complexity index is 834. The van der Waals surface area contributed by atoms with Crippen LogP contribution in [0.2, 0.25) is 0 Å². The van der Waals surface area contributed by atoms with E-state index in [1.54, 1.807) is 18.3 Å². The van der Waals surface area contributed by atoms with E-state index in [0.29, 0.717) is 11.8 Å². The van der Waals surface area contributed by atoms with Crippen LogP contribution in [0.25, 0.3) is 10.9 Å². The fourth-order valence-electron chi connectivity index (χ4n) is 2.11. The maximum Gasteiger partial charge on any atom is 0.432 e. The number of H-pyrrole nitrogens is 2. The summed E-state index contributed by atoms with van der Waals surface area (Å²) < 4.78 is 37.6. The first kappa shape index (κ1) is 14.2. The second kappa shape index (κ2) is 4.90. The van der Waals surface area contributed by atoms with Gasteiger partial charge in [-0.3, -0.25) is 9.89 Å². The second-order valence-electron chi connectivity index (χ2n) is 4.78. The number of fused-ring (bicyclic) bond motifs is 1. The first-order valence-corrected chi connectivity index (χ1v) is 6.34. The number of benzene rings is 1. The summed E-state index contributed by atoms with van der Waals surface area (Å²) in [6.07, 6.45) is -2.80. The van der Waals surface area contributed by atoms with Crippen molar-refractivity contribution in [3.63, 3.8) is 0 Å². The van der Waals surface area contributed by atoms with Gasteiger partial charge in [-0.1, -0.05) is 6.07 Å². The van der Waals surface area contributed by atoms with E-state index < -0.39 is 17.8 Å². The minimum absolute atomic E-state index is 0.290. The average molecular weight is 308 g/mol. The van der Waals surface area contributed by atoms with Crippen molar-refractivity contribution in [2.45, 2.75) is 6.18 Å². The van der Waals surface area contributed by atoms with Crippen molar-refractivity contribution in [1.29, 1.82) is 0 Å². The molecular weight excluding hydrogens is 297 g/mol. The standard InChI is InChI=1S/C14H11F3N4O/c1-21(9-3-2-8-4-5-18-10(8)6-9)13(22)11-7-12(20-19-11)14(15,16)17/h2-7,18H,1H3,(H,19,20). The Hall–Kier alpha value is -2.77. The fourth-order valence-corrected chi connectivity index (χ4v) is 2.11. The normalized spacial score (nSPS) is 11.8. The molecule has 0 aliphatic heterocycles. The highest BCUT2D eigenvalue weighted by Gasteiger charge is 2.34. The number of hydrogen-bond donors (Lipinski definition) is 2. The van der Waals surface area contributed by atoms with Crippen molar-refractivity contribution in [3.8, 4) is 0 Å². The monoisotopic (exact) mass is 308 g/mol. The van der Waals surface area contributed by atoms with Gasteiger partial charge in [-0.05, 0) is 23.6 Å². The number of anilines is 1. The quantitative estimate of drug-likeness (QED) is 0.763. The van der Waals surface area contributed by atoms with E-state index in [1.165, 1.54) is 11.9 Å². The molecule has 2 N–H and O–H groups in total. The summed E-state index contributed by atoms with van der Waals surface area (Å²) in [5, 5.41) is 6.24. The number of carbonyl (C=O) groups excluding carboxylic acids is 1. The van der Waals surface area contributed by atoms with Crippen LogP contribution in [0.1, 0.15) is 16.2 Å². The lowest BCUT2D eigenvalue weighted by Gasteiger charge is -2.16. The molecule has 0 saturated carbocycles. The fraction of sp³-hybridized carbons (Fsp3) is 0.143. The molecule has 5 nitrogen and oxygen atoms in total. The molecule has 0 bridgehead atoms. The van der Waals surface area contributed by atoms with Crippen molar-refractivity contribution in [2.75, 3.05) is 11.9 Å². The highest BCUT2D eigenvalue weighted by molar-refractivity contribution is 6.05. The average Bonchev–Trinajstić information content (AvgIpc) is 3.13. The van der Waals surface area contributed by atoms with Crippen molar-refractivity contribution in [1.82, 2.24) is 15.2 Å². The molecule has 2 aromatic heterocycles. The summed E-state index contributed by atoms with van der Waals surface area (Å²) in [5.41, 5.74) is 0.0390. The number of nitrogens with zero attached hydrogens (tertiary/aromatic N) is 2. The van der Waals surface area contributed by atoms with Gasteiger partial charge in [0.05, 0.1) is 0 Å². The van der Waals surface area contributed by atoms with Gasteiger partial charge in [-0.25, -0.2) is 0 Å². The highest BCUT2D eigenvalue weighted by atomic mass is 19.4. The molecule has 3 rings (SSSR count). The lowest BCUT2D eigenvalue weighted by molar-refractivity contribution is -0.141. The maximum atomic E-state index is 12.5. The number of alkyl halides is 3. The lowest BCUT2D eigenvalue weighted by atomic mass is 10.2. The van der Waals surface area contributed by atoms with Gasteiger partial charge in [-0.2, -0.15) is 18.3 Å². The van der Waals surface area contributed by atoms with Gasteiger partial charge in [0.15, 0.2) is 5.69 Å². The Morgan fingerprint density at radius 2 is 2.00 bits per heavy atom. The largest absolute Gasteiger partial charge is 0.432 e. The molecule has 0 unspecified atom stereocenters. The summed E-state index contributed by atoms with van der Waals surface area (Å²) in [6.45, 7) is 0. The number of aromatic amines is 2. The zero-order valence-corrected chi connectivity index (χ0v) is 11.4. The summed E-state index contributed by atoms with van der Waals surface area (Å²) in [5.74, 6) is -0.627. The number of carbonyl (C=O) groups is 1. The van der Waals surface area contributed by atoms with Crippen molar-refractivity contribution in [2.24, 2.45) is 0 Å². The molecule has 3 aromatic rings. The number of hydrogen-bond acceptors (Lipinski definition) is 2. The zero-order valence-electron chi connectivity index (χ0n) is 11.4. The second-order valence-corrected chi connectivity index (χ2v) is 4.78. The van der Waals surface area contributed by atoms with E-state index >= 15 is 0 Å². The number of halogens is 3. The van der Waals surface area contributed by atoms with Crippen LogP contribution in [0.3, 0.4) is 0 Å². The van der Waals surface area contributed by atoms with E-state index in [4.69, 9.17) is 0 Å². The minimum Gasteiger partial charge on any atom is -0.361 e. The van der Waals surface area contributed by atoms with Crippen LogP contribution < -0.4 is 4.90 Å². The third-order valence-corrected chi connectivity index (χ3v) is 3.33. The molecule has 114 valence electrons. The summed E-state index contributed by atoms with van der Waals surface area (Å²) in [6, 6.07) is 7.85. The van der Waals surface area contributed by atoms with Gasteiger partial charge in [0.2, 0.25) is 0 Å². The number of nitrogens with one attached hydrogen (secondary N) is 2. The molecule has 0 aliphatic rings. The highest BCUT2D eigenvalue weighted by Crippen LogP contribution is 2.28. The SMILES string of the molecule is CN(C(=O)c1cc(C(F)(F)F)[nH]n1)c1ccc2cc[nH]c2c1. The Balaban J connectivity index is 1.89. The predicted octanol–water partition coefficient (Wildman–Crippen LogP) is 3.19. The summed E-state index contributed by atoms with van der Waals surface area (Å²) in [4.78, 5) is 16.5. The van der Waals surface area contributed by atoms with Gasteiger partial charge in [0.1, 0.15) is 5.69 Å². The number of aromatic nitrogens is 3. The lowest BCUT2D eigenvalue weighted by Crippen LogP contribution is -2.26.